The molecule has 1 saturated carbocycles. The van der Waals surface area contributed by atoms with Crippen molar-refractivity contribution in [3.8, 4) is 0 Å². The first-order valence-electron chi connectivity index (χ1n) is 8.64. The van der Waals surface area contributed by atoms with Crippen LogP contribution in [0.3, 0.4) is 0 Å². The molecule has 3 unspecified atom stereocenters. The van der Waals surface area contributed by atoms with Crippen LogP contribution in [0.1, 0.15) is 39.0 Å². The fraction of sp³-hybridized carbons (Fsp3) is 0.882. The molecule has 1 N–H and O–H groups in total. The summed E-state index contributed by atoms with van der Waals surface area (Å²) in [5.41, 5.74) is -2.54. The topological polar surface area (TPSA) is 66.4 Å². The molecule has 128 valence electrons. The normalized spacial score (nSPS) is 60.2. The van der Waals surface area contributed by atoms with Crippen molar-refractivity contribution in [3.63, 3.8) is 0 Å². The molecule has 6 rings (SSSR count). The Labute approximate surface area is 135 Å². The van der Waals surface area contributed by atoms with Crippen LogP contribution in [0.15, 0.2) is 12.7 Å². The minimum absolute atomic E-state index is 0.271. The third kappa shape index (κ3) is 1.56. The van der Waals surface area contributed by atoms with Crippen LogP contribution in [0.25, 0.3) is 0 Å². The highest BCUT2D eigenvalue weighted by Gasteiger charge is 2.82. The second kappa shape index (κ2) is 4.36. The van der Waals surface area contributed by atoms with Crippen LogP contribution in [-0.2, 0) is 23.7 Å². The smallest absolute Gasteiger partial charge is 0.281 e. The quantitative estimate of drug-likeness (QED) is 0.772. The molecule has 23 heavy (non-hydrogen) atoms. The Hall–Kier alpha value is -0.500. The lowest BCUT2D eigenvalue weighted by molar-refractivity contribution is -0.575. The summed E-state index contributed by atoms with van der Waals surface area (Å²) in [6, 6.07) is 0. The maximum absolute atomic E-state index is 11.6. The molecule has 6 nitrogen and oxygen atoms in total. The van der Waals surface area contributed by atoms with E-state index >= 15 is 0 Å². The SMILES string of the molecule is C=CCC1(O)[C@H]2OC3(C)OC([C@@]4(CCCO4)[C@H]1O3)[C@]21CCCO1. The molecule has 0 radical (unpaired) electrons. The fourth-order valence-electron chi connectivity index (χ4n) is 5.64. The highest BCUT2D eigenvalue weighted by molar-refractivity contribution is 5.29. The number of hydrogen-bond donors (Lipinski definition) is 1. The molecule has 6 aliphatic rings. The van der Waals surface area contributed by atoms with Gasteiger partial charge < -0.3 is 28.8 Å². The van der Waals surface area contributed by atoms with Crippen molar-refractivity contribution in [1.29, 1.82) is 0 Å². The lowest BCUT2D eigenvalue weighted by Gasteiger charge is -2.71. The summed E-state index contributed by atoms with van der Waals surface area (Å²) in [6.45, 7) is 6.91. The van der Waals surface area contributed by atoms with Crippen LogP contribution in [0.2, 0.25) is 0 Å². The highest BCUT2D eigenvalue weighted by Crippen LogP contribution is 2.64. The number of rotatable bonds is 2. The van der Waals surface area contributed by atoms with E-state index in [9.17, 15) is 5.11 Å². The summed E-state index contributed by atoms with van der Waals surface area (Å²) in [5, 5.41) is 11.6. The zero-order valence-corrected chi connectivity index (χ0v) is 13.5. The van der Waals surface area contributed by atoms with E-state index in [1.54, 1.807) is 13.0 Å². The van der Waals surface area contributed by atoms with E-state index in [0.29, 0.717) is 19.6 Å². The van der Waals surface area contributed by atoms with Gasteiger partial charge in [-0.15, -0.1) is 6.58 Å². The summed E-state index contributed by atoms with van der Waals surface area (Å²) >= 11 is 0. The molecule has 0 aromatic rings. The Morgan fingerprint density at radius 1 is 1.00 bits per heavy atom. The molecule has 5 heterocycles. The van der Waals surface area contributed by atoms with Gasteiger partial charge >= 0.3 is 0 Å². The second-order valence-corrected chi connectivity index (χ2v) is 7.65. The molecule has 1 aliphatic carbocycles. The standard InChI is InChI=1S/C17H24O6/c1-3-6-15(18)11-16(7-4-9-19-16)13-17(8-5-10-20-17)12(15)22-14(2,21-11)23-13/h3,11-13,18H,1,4-10H2,2H3/t11-,12+,13?,14?,15?,16+,17-. The van der Waals surface area contributed by atoms with Crippen molar-refractivity contribution in [2.45, 2.75) is 80.1 Å². The maximum Gasteiger partial charge on any atom is 0.281 e. The van der Waals surface area contributed by atoms with Gasteiger partial charge in [0.1, 0.15) is 35.1 Å². The molecule has 5 aliphatic heterocycles. The van der Waals surface area contributed by atoms with Gasteiger partial charge in [-0.2, -0.15) is 0 Å². The number of hydrogen-bond acceptors (Lipinski definition) is 6. The highest BCUT2D eigenvalue weighted by atomic mass is 16.9. The minimum Gasteiger partial charge on any atom is -0.384 e. The number of aliphatic hydroxyl groups is 1. The molecule has 4 bridgehead atoms. The summed E-state index contributed by atoms with van der Waals surface area (Å²) in [5.74, 6) is -1.14. The third-order valence-electron chi connectivity index (χ3n) is 6.32. The van der Waals surface area contributed by atoms with Crippen LogP contribution in [0.5, 0.6) is 0 Å². The molecule has 0 aromatic heterocycles. The van der Waals surface area contributed by atoms with Gasteiger partial charge in [0.25, 0.3) is 5.97 Å². The fourth-order valence-corrected chi connectivity index (χ4v) is 5.64. The molecular weight excluding hydrogens is 300 g/mol. The van der Waals surface area contributed by atoms with Crippen LogP contribution in [-0.4, -0.2) is 59.4 Å². The van der Waals surface area contributed by atoms with E-state index in [2.05, 4.69) is 6.58 Å². The lowest BCUT2D eigenvalue weighted by Crippen LogP contribution is -2.90. The summed E-state index contributed by atoms with van der Waals surface area (Å²) in [6.07, 6.45) is 4.31. The Balaban J connectivity index is 1.71. The average Bonchev–Trinajstić information content (AvgIpc) is 3.17. The van der Waals surface area contributed by atoms with E-state index in [0.717, 1.165) is 25.7 Å². The first kappa shape index (κ1) is 14.8. The molecule has 7 atom stereocenters. The monoisotopic (exact) mass is 324 g/mol. The van der Waals surface area contributed by atoms with E-state index < -0.39 is 35.0 Å². The van der Waals surface area contributed by atoms with Gasteiger partial charge in [0.15, 0.2) is 0 Å². The Kier molecular flexibility index (Phi) is 2.81. The van der Waals surface area contributed by atoms with Crippen molar-refractivity contribution < 1.29 is 28.8 Å². The lowest BCUT2D eigenvalue weighted by atomic mass is 9.57. The van der Waals surface area contributed by atoms with E-state index in [-0.39, 0.29) is 6.10 Å². The van der Waals surface area contributed by atoms with Gasteiger partial charge in [0.05, 0.1) is 0 Å². The van der Waals surface area contributed by atoms with Crippen LogP contribution in [0, 0.1) is 0 Å². The second-order valence-electron chi connectivity index (χ2n) is 7.65. The third-order valence-corrected chi connectivity index (χ3v) is 6.32. The van der Waals surface area contributed by atoms with Gasteiger partial charge in [-0.3, -0.25) is 0 Å². The van der Waals surface area contributed by atoms with Gasteiger partial charge in [-0.05, 0) is 32.1 Å². The Morgan fingerprint density at radius 2 is 1.52 bits per heavy atom. The summed E-state index contributed by atoms with van der Waals surface area (Å²) < 4.78 is 30.8. The van der Waals surface area contributed by atoms with Crippen molar-refractivity contribution in [1.82, 2.24) is 0 Å². The van der Waals surface area contributed by atoms with Crippen molar-refractivity contribution in [3.05, 3.63) is 12.7 Å². The molecule has 5 saturated heterocycles. The maximum atomic E-state index is 11.6. The predicted molar refractivity (Wildman–Crippen MR) is 78.6 cm³/mol. The Morgan fingerprint density at radius 3 is 1.96 bits per heavy atom. The summed E-state index contributed by atoms with van der Waals surface area (Å²) in [4.78, 5) is 0. The van der Waals surface area contributed by atoms with Crippen LogP contribution < -0.4 is 0 Å². The van der Waals surface area contributed by atoms with Gasteiger partial charge in [0.2, 0.25) is 0 Å². The first-order valence-corrected chi connectivity index (χ1v) is 8.64. The molecule has 6 heteroatoms. The van der Waals surface area contributed by atoms with Crippen molar-refractivity contribution in [2.24, 2.45) is 0 Å². The minimum atomic E-state index is -1.21. The first-order chi connectivity index (χ1) is 11.0. The molecule has 6 fully saturated rings. The predicted octanol–water partition coefficient (Wildman–Crippen LogP) is 1.26. The van der Waals surface area contributed by atoms with Crippen molar-refractivity contribution in [2.75, 3.05) is 13.2 Å². The molecule has 0 aromatic carbocycles. The summed E-state index contributed by atoms with van der Waals surface area (Å²) in [7, 11) is 0. The van der Waals surface area contributed by atoms with Gasteiger partial charge in [0, 0.05) is 20.1 Å². The average molecular weight is 324 g/mol. The van der Waals surface area contributed by atoms with E-state index in [1.807, 2.05) is 0 Å². The molecular formula is C17H24O6. The Bertz CT molecular complexity index is 499. The van der Waals surface area contributed by atoms with E-state index in [1.165, 1.54) is 0 Å². The van der Waals surface area contributed by atoms with Crippen LogP contribution in [0.4, 0.5) is 0 Å². The van der Waals surface area contributed by atoms with Crippen LogP contribution >= 0.6 is 0 Å². The van der Waals surface area contributed by atoms with Gasteiger partial charge in [-0.25, -0.2) is 0 Å². The number of ether oxygens (including phenoxy) is 5. The molecule has 2 spiro atoms. The van der Waals surface area contributed by atoms with Crippen molar-refractivity contribution >= 4 is 0 Å². The van der Waals surface area contributed by atoms with Gasteiger partial charge in [-0.1, -0.05) is 6.08 Å². The zero-order chi connectivity index (χ0) is 15.9. The molecule has 0 amide bonds. The zero-order valence-electron chi connectivity index (χ0n) is 13.5. The van der Waals surface area contributed by atoms with E-state index in [4.69, 9.17) is 23.7 Å². The largest absolute Gasteiger partial charge is 0.384 e.